The zero-order valence-corrected chi connectivity index (χ0v) is 15.6. The molecule has 9 heteroatoms. The molecule has 1 atom stereocenters. The first kappa shape index (κ1) is 18.6. The third kappa shape index (κ3) is 5.17. The Kier molecular flexibility index (Phi) is 6.08. The van der Waals surface area contributed by atoms with Gasteiger partial charge in [-0.3, -0.25) is 9.59 Å². The Morgan fingerprint density at radius 3 is 2.88 bits per heavy atom. The number of likely N-dealkylation sites (tertiary alicyclic amines) is 1. The number of esters is 1. The van der Waals surface area contributed by atoms with Gasteiger partial charge in [-0.15, -0.1) is 11.3 Å². The molecule has 1 aliphatic heterocycles. The normalized spacial score (nSPS) is 19.7. The fraction of sp³-hybridized carbons (Fsp3) is 0.647. The summed E-state index contributed by atoms with van der Waals surface area (Å²) in [6.45, 7) is 3.19. The molecule has 0 radical (unpaired) electrons. The van der Waals surface area contributed by atoms with Crippen LogP contribution in [0.5, 0.6) is 0 Å². The number of nitrogens with one attached hydrogen (secondary N) is 2. The number of hydrogen-bond donors (Lipinski definition) is 2. The van der Waals surface area contributed by atoms with Crippen molar-refractivity contribution in [3.05, 3.63) is 11.1 Å². The van der Waals surface area contributed by atoms with Crippen LogP contribution < -0.4 is 10.6 Å². The third-order valence-corrected chi connectivity index (χ3v) is 5.20. The van der Waals surface area contributed by atoms with Crippen molar-refractivity contribution in [2.45, 2.75) is 45.1 Å². The van der Waals surface area contributed by atoms with E-state index in [-0.39, 0.29) is 30.2 Å². The van der Waals surface area contributed by atoms with E-state index in [0.29, 0.717) is 36.6 Å². The summed E-state index contributed by atoms with van der Waals surface area (Å²) >= 11 is 1.28. The largest absolute Gasteiger partial charge is 0.466 e. The van der Waals surface area contributed by atoms with E-state index < -0.39 is 0 Å². The van der Waals surface area contributed by atoms with Gasteiger partial charge in [0.1, 0.15) is 0 Å². The van der Waals surface area contributed by atoms with E-state index in [0.717, 1.165) is 25.7 Å². The van der Waals surface area contributed by atoms with Gasteiger partial charge in [0, 0.05) is 24.5 Å². The standard InChI is InChI=1S/C17H24N4O4S/c1-2-25-14(22)8-13-10-26-16(18-13)20-15(23)11-4-3-7-21(9-11)17(24)19-12-5-6-12/h10-12H,2-9H2,1H3,(H,19,24)(H,18,20,23). The Morgan fingerprint density at radius 2 is 2.15 bits per heavy atom. The van der Waals surface area contributed by atoms with Crippen LogP contribution in [-0.2, 0) is 20.7 Å². The Morgan fingerprint density at radius 1 is 1.35 bits per heavy atom. The molecular weight excluding hydrogens is 356 g/mol. The first-order chi connectivity index (χ1) is 12.5. The number of aromatic nitrogens is 1. The Bertz CT molecular complexity index is 673. The summed E-state index contributed by atoms with van der Waals surface area (Å²) in [5.74, 6) is -0.711. The highest BCUT2D eigenvalue weighted by Gasteiger charge is 2.31. The SMILES string of the molecule is CCOC(=O)Cc1csc(NC(=O)C2CCCN(C(=O)NC3CC3)C2)n1. The molecule has 1 aromatic rings. The lowest BCUT2D eigenvalue weighted by Crippen LogP contribution is -2.48. The van der Waals surface area contributed by atoms with Gasteiger partial charge in [0.25, 0.3) is 0 Å². The van der Waals surface area contributed by atoms with Gasteiger partial charge in [-0.1, -0.05) is 0 Å². The maximum Gasteiger partial charge on any atom is 0.317 e. The molecular formula is C17H24N4O4S. The number of nitrogens with zero attached hydrogens (tertiary/aromatic N) is 2. The summed E-state index contributed by atoms with van der Waals surface area (Å²) in [6, 6.07) is 0.237. The molecule has 2 N–H and O–H groups in total. The number of thiazole rings is 1. The number of carbonyl (C=O) groups is 3. The molecule has 2 heterocycles. The number of anilines is 1. The summed E-state index contributed by atoms with van der Waals surface area (Å²) in [6.07, 6.45) is 3.74. The van der Waals surface area contributed by atoms with Crippen LogP contribution in [0.3, 0.4) is 0 Å². The molecule has 26 heavy (non-hydrogen) atoms. The van der Waals surface area contributed by atoms with Crippen molar-refractivity contribution in [2.75, 3.05) is 25.0 Å². The predicted molar refractivity (Wildman–Crippen MR) is 96.9 cm³/mol. The lowest BCUT2D eigenvalue weighted by Gasteiger charge is -2.31. The second-order valence-corrected chi connectivity index (χ2v) is 7.48. The lowest BCUT2D eigenvalue weighted by molar-refractivity contribution is -0.142. The van der Waals surface area contributed by atoms with Crippen molar-refractivity contribution in [2.24, 2.45) is 5.92 Å². The fourth-order valence-corrected chi connectivity index (χ4v) is 3.60. The van der Waals surface area contributed by atoms with Crippen LogP contribution in [-0.4, -0.2) is 53.5 Å². The van der Waals surface area contributed by atoms with Crippen molar-refractivity contribution in [3.63, 3.8) is 0 Å². The summed E-state index contributed by atoms with van der Waals surface area (Å²) in [5.41, 5.74) is 0.581. The average molecular weight is 380 g/mol. The number of amides is 3. The van der Waals surface area contributed by atoms with E-state index in [9.17, 15) is 14.4 Å². The Labute approximate surface area is 156 Å². The number of carbonyl (C=O) groups excluding carboxylic acids is 3. The highest BCUT2D eigenvalue weighted by molar-refractivity contribution is 7.13. The zero-order valence-electron chi connectivity index (χ0n) is 14.8. The number of rotatable bonds is 6. The summed E-state index contributed by atoms with van der Waals surface area (Å²) in [4.78, 5) is 42.1. The van der Waals surface area contributed by atoms with E-state index in [1.54, 1.807) is 17.2 Å². The smallest absolute Gasteiger partial charge is 0.317 e. The van der Waals surface area contributed by atoms with Gasteiger partial charge in [0.15, 0.2) is 5.13 Å². The molecule has 2 fully saturated rings. The van der Waals surface area contributed by atoms with Gasteiger partial charge in [0.2, 0.25) is 5.91 Å². The first-order valence-corrected chi connectivity index (χ1v) is 9.89. The van der Waals surface area contributed by atoms with Gasteiger partial charge in [0.05, 0.1) is 24.6 Å². The van der Waals surface area contributed by atoms with Gasteiger partial charge in [-0.25, -0.2) is 9.78 Å². The van der Waals surface area contributed by atoms with Gasteiger partial charge < -0.3 is 20.3 Å². The molecule has 2 aliphatic rings. The summed E-state index contributed by atoms with van der Waals surface area (Å²) < 4.78 is 4.89. The second-order valence-electron chi connectivity index (χ2n) is 6.62. The maximum atomic E-state index is 12.5. The van der Waals surface area contributed by atoms with Crippen molar-refractivity contribution >= 4 is 34.4 Å². The summed E-state index contributed by atoms with van der Waals surface area (Å²) in [5, 5.41) is 7.98. The molecule has 3 amide bonds. The van der Waals surface area contributed by atoms with Crippen LogP contribution in [0.4, 0.5) is 9.93 Å². The zero-order chi connectivity index (χ0) is 18.5. The van der Waals surface area contributed by atoms with Gasteiger partial charge in [-0.2, -0.15) is 0 Å². The van der Waals surface area contributed by atoms with Gasteiger partial charge >= 0.3 is 12.0 Å². The van der Waals surface area contributed by atoms with E-state index in [1.165, 1.54) is 11.3 Å². The molecule has 0 bridgehead atoms. The number of piperidine rings is 1. The van der Waals surface area contributed by atoms with E-state index in [2.05, 4.69) is 15.6 Å². The molecule has 0 spiro atoms. The van der Waals surface area contributed by atoms with E-state index >= 15 is 0 Å². The second kappa shape index (κ2) is 8.48. The summed E-state index contributed by atoms with van der Waals surface area (Å²) in [7, 11) is 0. The van der Waals surface area contributed by atoms with E-state index in [1.807, 2.05) is 0 Å². The molecule has 0 aromatic carbocycles. The molecule has 3 rings (SSSR count). The predicted octanol–water partition coefficient (Wildman–Crippen LogP) is 1.77. The van der Waals surface area contributed by atoms with Crippen molar-refractivity contribution in [1.29, 1.82) is 0 Å². The highest BCUT2D eigenvalue weighted by Crippen LogP contribution is 2.23. The van der Waals surface area contributed by atoms with Crippen molar-refractivity contribution in [1.82, 2.24) is 15.2 Å². The molecule has 1 saturated carbocycles. The number of ether oxygens (including phenoxy) is 1. The topological polar surface area (TPSA) is 101 Å². The maximum absolute atomic E-state index is 12.5. The van der Waals surface area contributed by atoms with Crippen LogP contribution in [0.1, 0.15) is 38.3 Å². The quantitative estimate of drug-likeness (QED) is 0.733. The molecule has 1 saturated heterocycles. The van der Waals surface area contributed by atoms with Crippen LogP contribution in [0.15, 0.2) is 5.38 Å². The minimum Gasteiger partial charge on any atom is -0.466 e. The number of urea groups is 1. The van der Waals surface area contributed by atoms with Crippen molar-refractivity contribution < 1.29 is 19.1 Å². The third-order valence-electron chi connectivity index (χ3n) is 4.40. The molecule has 1 aliphatic carbocycles. The molecule has 142 valence electrons. The molecule has 1 unspecified atom stereocenters. The minimum absolute atomic E-state index is 0.0732. The Balaban J connectivity index is 1.50. The average Bonchev–Trinajstić information content (AvgIpc) is 3.33. The number of hydrogen-bond acceptors (Lipinski definition) is 6. The molecule has 1 aromatic heterocycles. The highest BCUT2D eigenvalue weighted by atomic mass is 32.1. The van der Waals surface area contributed by atoms with E-state index in [4.69, 9.17) is 4.74 Å². The lowest BCUT2D eigenvalue weighted by atomic mass is 9.97. The van der Waals surface area contributed by atoms with Gasteiger partial charge in [-0.05, 0) is 32.6 Å². The minimum atomic E-state index is -0.333. The fourth-order valence-electron chi connectivity index (χ4n) is 2.88. The van der Waals surface area contributed by atoms with Crippen LogP contribution in [0.25, 0.3) is 0 Å². The van der Waals surface area contributed by atoms with Crippen molar-refractivity contribution in [3.8, 4) is 0 Å². The van der Waals surface area contributed by atoms with Crippen LogP contribution in [0, 0.1) is 5.92 Å². The Hall–Kier alpha value is -2.16. The van der Waals surface area contributed by atoms with Crippen LogP contribution >= 0.6 is 11.3 Å². The monoisotopic (exact) mass is 380 g/mol. The molecule has 8 nitrogen and oxygen atoms in total. The first-order valence-electron chi connectivity index (χ1n) is 9.01. The van der Waals surface area contributed by atoms with Crippen LogP contribution in [0.2, 0.25) is 0 Å².